The van der Waals surface area contributed by atoms with Crippen LogP contribution in [0.5, 0.6) is 0 Å². The van der Waals surface area contributed by atoms with Crippen molar-refractivity contribution in [1.82, 2.24) is 13.9 Å². The van der Waals surface area contributed by atoms with Gasteiger partial charge in [0.2, 0.25) is 10.0 Å². The predicted molar refractivity (Wildman–Crippen MR) is 130 cm³/mol. The molecule has 170 valence electrons. The van der Waals surface area contributed by atoms with E-state index in [-0.39, 0.29) is 10.5 Å². The van der Waals surface area contributed by atoms with Crippen LogP contribution in [-0.4, -0.2) is 41.3 Å². The van der Waals surface area contributed by atoms with Crippen LogP contribution in [-0.2, 0) is 16.6 Å². The quantitative estimate of drug-likeness (QED) is 0.458. The van der Waals surface area contributed by atoms with E-state index in [1.165, 1.54) is 27.8 Å². The second kappa shape index (κ2) is 9.81. The number of rotatable bonds is 9. The van der Waals surface area contributed by atoms with Gasteiger partial charge in [-0.05, 0) is 38.1 Å². The largest absolute Gasteiger partial charge is 0.345 e. The van der Waals surface area contributed by atoms with Crippen LogP contribution in [0, 0.1) is 13.8 Å². The van der Waals surface area contributed by atoms with Crippen LogP contribution >= 0.6 is 11.3 Å². The second-order valence-electron chi connectivity index (χ2n) is 7.29. The molecule has 0 spiro atoms. The number of hydrogen-bond acceptors (Lipinski definition) is 5. The number of aryl methyl sites for hydroxylation is 1. The van der Waals surface area contributed by atoms with Crippen LogP contribution in [0.3, 0.4) is 0 Å². The van der Waals surface area contributed by atoms with Crippen LogP contribution in [0.1, 0.15) is 35.6 Å². The Morgan fingerprint density at radius 3 is 2.62 bits per heavy atom. The fraction of sp³-hybridized carbons (Fsp3) is 0.304. The number of amides is 1. The molecule has 1 N–H and O–H groups in total. The van der Waals surface area contributed by atoms with E-state index in [0.29, 0.717) is 18.2 Å². The molecular weight excluding hydrogens is 444 g/mol. The molecular formula is C23H28N4O3S2. The number of carbonyl (C=O) groups is 1. The van der Waals surface area contributed by atoms with E-state index in [2.05, 4.69) is 27.5 Å². The first-order valence-electron chi connectivity index (χ1n) is 10.4. The number of nitrogens with one attached hydrogen (secondary N) is 1. The summed E-state index contributed by atoms with van der Waals surface area (Å²) in [5, 5.41) is 5.14. The molecule has 1 aromatic carbocycles. The monoisotopic (exact) mass is 472 g/mol. The summed E-state index contributed by atoms with van der Waals surface area (Å²) in [6.45, 7) is 12.9. The van der Waals surface area contributed by atoms with Gasteiger partial charge >= 0.3 is 0 Å². The maximum absolute atomic E-state index is 12.8. The number of benzene rings is 1. The molecule has 32 heavy (non-hydrogen) atoms. The van der Waals surface area contributed by atoms with Crippen molar-refractivity contribution < 1.29 is 13.2 Å². The molecule has 0 aliphatic heterocycles. The zero-order valence-corrected chi connectivity index (χ0v) is 20.4. The summed E-state index contributed by atoms with van der Waals surface area (Å²) in [5.41, 5.74) is 4.25. The standard InChI is InChI=1S/C23H28N4O3S2/c1-6-12-27-16(4)13-20(17(27)5)21-15-31-23(24-21)25-22(28)18-10-9-11-19(14-18)32(29,30)26(7-2)8-3/h6,9-11,13-15H,1,7-8,12H2,2-5H3,(H,24,25,28). The highest BCUT2D eigenvalue weighted by molar-refractivity contribution is 7.89. The van der Waals surface area contributed by atoms with E-state index in [0.717, 1.165) is 29.2 Å². The van der Waals surface area contributed by atoms with Crippen LogP contribution < -0.4 is 5.32 Å². The SMILES string of the molecule is C=CCn1c(C)cc(-c2csc(NC(=O)c3cccc(S(=O)(=O)N(CC)CC)c3)n2)c1C. The normalized spacial score (nSPS) is 11.7. The van der Waals surface area contributed by atoms with Gasteiger partial charge in [-0.3, -0.25) is 10.1 Å². The Kier molecular flexibility index (Phi) is 7.33. The van der Waals surface area contributed by atoms with E-state index in [1.807, 2.05) is 25.3 Å². The summed E-state index contributed by atoms with van der Waals surface area (Å²) in [4.78, 5) is 17.5. The molecule has 1 amide bonds. The molecule has 0 aliphatic carbocycles. The van der Waals surface area contributed by atoms with E-state index < -0.39 is 15.9 Å². The molecule has 2 heterocycles. The van der Waals surface area contributed by atoms with Gasteiger partial charge in [0.25, 0.3) is 5.91 Å². The predicted octanol–water partition coefficient (Wildman–Crippen LogP) is 4.70. The highest BCUT2D eigenvalue weighted by atomic mass is 32.2. The van der Waals surface area contributed by atoms with Crippen molar-refractivity contribution in [1.29, 1.82) is 0 Å². The fourth-order valence-electron chi connectivity index (χ4n) is 3.61. The Morgan fingerprint density at radius 2 is 1.97 bits per heavy atom. The number of aromatic nitrogens is 2. The molecule has 0 saturated heterocycles. The fourth-order valence-corrected chi connectivity index (χ4v) is 5.82. The van der Waals surface area contributed by atoms with Crippen molar-refractivity contribution in [3.05, 3.63) is 65.3 Å². The summed E-state index contributed by atoms with van der Waals surface area (Å²) in [6.07, 6.45) is 1.85. The molecule has 3 rings (SSSR count). The lowest BCUT2D eigenvalue weighted by Crippen LogP contribution is -2.30. The Morgan fingerprint density at radius 1 is 1.25 bits per heavy atom. The summed E-state index contributed by atoms with van der Waals surface area (Å²) < 4.78 is 29.1. The third kappa shape index (κ3) is 4.69. The van der Waals surface area contributed by atoms with Crippen molar-refractivity contribution in [2.24, 2.45) is 0 Å². The lowest BCUT2D eigenvalue weighted by molar-refractivity contribution is 0.102. The van der Waals surface area contributed by atoms with E-state index in [1.54, 1.807) is 26.0 Å². The van der Waals surface area contributed by atoms with E-state index in [4.69, 9.17) is 0 Å². The van der Waals surface area contributed by atoms with Crippen molar-refractivity contribution >= 4 is 32.4 Å². The molecule has 7 nitrogen and oxygen atoms in total. The molecule has 3 aromatic rings. The van der Waals surface area contributed by atoms with Gasteiger partial charge < -0.3 is 4.57 Å². The van der Waals surface area contributed by atoms with Crippen molar-refractivity contribution in [2.75, 3.05) is 18.4 Å². The van der Waals surface area contributed by atoms with Gasteiger partial charge in [0.1, 0.15) is 0 Å². The third-order valence-corrected chi connectivity index (χ3v) is 8.13. The first kappa shape index (κ1) is 23.9. The second-order valence-corrected chi connectivity index (χ2v) is 10.1. The van der Waals surface area contributed by atoms with Crippen molar-refractivity contribution in [3.8, 4) is 11.3 Å². The van der Waals surface area contributed by atoms with Gasteiger partial charge in [0.15, 0.2) is 5.13 Å². The third-order valence-electron chi connectivity index (χ3n) is 5.33. The summed E-state index contributed by atoms with van der Waals surface area (Å²) in [5.74, 6) is -0.403. The van der Waals surface area contributed by atoms with Gasteiger partial charge in [-0.1, -0.05) is 26.0 Å². The average Bonchev–Trinajstić information content (AvgIpc) is 3.34. The molecule has 0 saturated carbocycles. The number of carbonyl (C=O) groups excluding carboxylic acids is 1. The van der Waals surface area contributed by atoms with Crippen molar-refractivity contribution in [3.63, 3.8) is 0 Å². The van der Waals surface area contributed by atoms with Crippen LogP contribution in [0.4, 0.5) is 5.13 Å². The molecule has 0 aliphatic rings. The van der Waals surface area contributed by atoms with Crippen LogP contribution in [0.25, 0.3) is 11.3 Å². The smallest absolute Gasteiger partial charge is 0.257 e. The molecule has 0 fully saturated rings. The lowest BCUT2D eigenvalue weighted by atomic mass is 10.2. The maximum atomic E-state index is 12.8. The van der Waals surface area contributed by atoms with Gasteiger partial charge in [0.05, 0.1) is 10.6 Å². The average molecular weight is 473 g/mol. The number of hydrogen-bond donors (Lipinski definition) is 1. The minimum absolute atomic E-state index is 0.100. The molecule has 9 heteroatoms. The summed E-state index contributed by atoms with van der Waals surface area (Å²) in [6, 6.07) is 8.15. The Labute approximate surface area is 193 Å². The molecule has 0 radical (unpaired) electrons. The highest BCUT2D eigenvalue weighted by Gasteiger charge is 2.23. The Bertz CT molecular complexity index is 1240. The van der Waals surface area contributed by atoms with E-state index >= 15 is 0 Å². The molecule has 0 unspecified atom stereocenters. The minimum Gasteiger partial charge on any atom is -0.345 e. The first-order valence-corrected chi connectivity index (χ1v) is 12.7. The highest BCUT2D eigenvalue weighted by Crippen LogP contribution is 2.30. The van der Waals surface area contributed by atoms with Crippen LogP contribution in [0.2, 0.25) is 0 Å². The maximum Gasteiger partial charge on any atom is 0.257 e. The lowest BCUT2D eigenvalue weighted by Gasteiger charge is -2.18. The van der Waals surface area contributed by atoms with E-state index in [9.17, 15) is 13.2 Å². The zero-order chi connectivity index (χ0) is 23.5. The zero-order valence-electron chi connectivity index (χ0n) is 18.8. The number of anilines is 1. The Hall–Kier alpha value is -2.75. The number of sulfonamides is 1. The number of thiazole rings is 1. The van der Waals surface area contributed by atoms with Gasteiger partial charge in [-0.2, -0.15) is 4.31 Å². The van der Waals surface area contributed by atoms with Crippen LogP contribution in [0.15, 0.2) is 53.3 Å². The van der Waals surface area contributed by atoms with Gasteiger partial charge in [0, 0.05) is 47.5 Å². The number of nitrogens with zero attached hydrogens (tertiary/aromatic N) is 3. The minimum atomic E-state index is -3.64. The molecule has 0 bridgehead atoms. The summed E-state index contributed by atoms with van der Waals surface area (Å²) in [7, 11) is -3.64. The number of allylic oxidation sites excluding steroid dienone is 1. The van der Waals surface area contributed by atoms with Gasteiger partial charge in [-0.15, -0.1) is 17.9 Å². The molecule has 2 aromatic heterocycles. The summed E-state index contributed by atoms with van der Waals surface area (Å²) >= 11 is 1.33. The van der Waals surface area contributed by atoms with Crippen molar-refractivity contribution in [2.45, 2.75) is 39.1 Å². The topological polar surface area (TPSA) is 84.3 Å². The Balaban J connectivity index is 1.82. The van der Waals surface area contributed by atoms with Gasteiger partial charge in [-0.25, -0.2) is 13.4 Å². The molecule has 0 atom stereocenters. The first-order chi connectivity index (χ1) is 15.2.